The number of amides is 3. The lowest BCUT2D eigenvalue weighted by Crippen LogP contribution is -2.36. The van der Waals surface area contributed by atoms with Crippen LogP contribution in [0.5, 0.6) is 0 Å². The molecule has 0 radical (unpaired) electrons. The molecule has 0 unspecified atom stereocenters. The number of nitrogens with zero attached hydrogens (tertiary/aromatic N) is 2. The summed E-state index contributed by atoms with van der Waals surface area (Å²) in [4.78, 5) is 29.8. The fraction of sp³-hybridized carbons (Fsp3) is 0.440. The Morgan fingerprint density at radius 3 is 2.29 bits per heavy atom. The Morgan fingerprint density at radius 2 is 1.62 bits per heavy atom. The normalized spacial score (nSPS) is 17.1. The summed E-state index contributed by atoms with van der Waals surface area (Å²) in [5, 5.41) is 4.86. The zero-order valence-electron chi connectivity index (χ0n) is 19.1. The van der Waals surface area contributed by atoms with Crippen molar-refractivity contribution in [1.82, 2.24) is 4.90 Å². The van der Waals surface area contributed by atoms with Crippen molar-refractivity contribution < 1.29 is 22.8 Å². The lowest BCUT2D eigenvalue weighted by atomic mass is 9.97. The summed E-state index contributed by atoms with van der Waals surface area (Å²) in [5.74, 6) is 0.552. The zero-order chi connectivity index (χ0) is 24.3. The van der Waals surface area contributed by atoms with Crippen molar-refractivity contribution in [2.45, 2.75) is 38.8 Å². The topological polar surface area (TPSA) is 64.7 Å². The van der Waals surface area contributed by atoms with Gasteiger partial charge in [-0.1, -0.05) is 19.1 Å². The third-order valence-corrected chi connectivity index (χ3v) is 6.48. The van der Waals surface area contributed by atoms with E-state index < -0.39 is 17.8 Å². The average Bonchev–Trinajstić information content (AvgIpc) is 3.34. The summed E-state index contributed by atoms with van der Waals surface area (Å²) in [7, 11) is 0. The molecule has 2 aliphatic heterocycles. The summed E-state index contributed by atoms with van der Waals surface area (Å²) in [6.07, 6.45) is -0.591. The van der Waals surface area contributed by atoms with Gasteiger partial charge in [0.25, 0.3) is 5.91 Å². The van der Waals surface area contributed by atoms with E-state index in [4.69, 9.17) is 0 Å². The molecule has 0 bridgehead atoms. The minimum atomic E-state index is -4.59. The number of alkyl halides is 3. The van der Waals surface area contributed by atoms with Crippen molar-refractivity contribution in [2.24, 2.45) is 5.92 Å². The molecule has 2 saturated heterocycles. The van der Waals surface area contributed by atoms with Crippen LogP contribution >= 0.6 is 0 Å². The average molecular weight is 475 g/mol. The lowest BCUT2D eigenvalue weighted by molar-refractivity contribution is -0.136. The highest BCUT2D eigenvalue weighted by molar-refractivity contribution is 6.04. The van der Waals surface area contributed by atoms with Crippen molar-refractivity contribution in [1.29, 1.82) is 0 Å². The first kappa shape index (κ1) is 23.9. The van der Waals surface area contributed by atoms with Gasteiger partial charge in [-0.15, -0.1) is 0 Å². The van der Waals surface area contributed by atoms with E-state index in [9.17, 15) is 22.8 Å². The van der Waals surface area contributed by atoms with Crippen molar-refractivity contribution >= 4 is 29.0 Å². The Bertz CT molecular complexity index is 1040. The highest BCUT2D eigenvalue weighted by Gasteiger charge is 2.33. The Balaban J connectivity index is 1.56. The van der Waals surface area contributed by atoms with E-state index in [1.165, 1.54) is 18.2 Å². The van der Waals surface area contributed by atoms with Crippen LogP contribution in [0.1, 0.15) is 48.5 Å². The smallest absolute Gasteiger partial charge is 0.371 e. The highest BCUT2D eigenvalue weighted by Crippen LogP contribution is 2.35. The lowest BCUT2D eigenvalue weighted by Gasteiger charge is -2.34. The number of hydrogen-bond acceptors (Lipinski definition) is 3. The van der Waals surface area contributed by atoms with Gasteiger partial charge in [0, 0.05) is 37.6 Å². The number of likely N-dealkylation sites (tertiary alicyclic amines) is 1. The molecule has 0 atom stereocenters. The van der Waals surface area contributed by atoms with Crippen molar-refractivity contribution in [3.05, 3.63) is 53.6 Å². The standard InChI is InChI=1S/C25H29F3N4O2/c1-17-10-14-31(15-11-17)22-9-8-18(16-19(22)23(33)32-12-4-5-13-32)29-24(34)30-21-7-3-2-6-20(21)25(26,27)28/h2-3,6-9,16-17H,4-5,10-15H2,1H3,(H2,29,30,34). The molecule has 0 spiro atoms. The first-order valence-corrected chi connectivity index (χ1v) is 11.6. The quantitative estimate of drug-likeness (QED) is 0.587. The molecule has 2 N–H and O–H groups in total. The Morgan fingerprint density at radius 1 is 0.941 bits per heavy atom. The van der Waals surface area contributed by atoms with Crippen molar-refractivity contribution in [2.75, 3.05) is 41.7 Å². The SMILES string of the molecule is CC1CCN(c2ccc(NC(=O)Nc3ccccc3C(F)(F)F)cc2C(=O)N2CCCC2)CC1. The third kappa shape index (κ3) is 5.46. The van der Waals surface area contributed by atoms with Crippen LogP contribution in [0.2, 0.25) is 0 Å². The summed E-state index contributed by atoms with van der Waals surface area (Å²) in [6, 6.07) is 9.12. The molecular weight excluding hydrogens is 445 g/mol. The fourth-order valence-electron chi connectivity index (χ4n) is 4.52. The van der Waals surface area contributed by atoms with E-state index in [-0.39, 0.29) is 11.6 Å². The number of carbonyl (C=O) groups is 2. The molecule has 2 aliphatic rings. The number of hydrogen-bond donors (Lipinski definition) is 2. The monoisotopic (exact) mass is 474 g/mol. The number of benzene rings is 2. The largest absolute Gasteiger partial charge is 0.418 e. The number of anilines is 3. The van der Waals surface area contributed by atoms with Crippen LogP contribution in [0.3, 0.4) is 0 Å². The van der Waals surface area contributed by atoms with Crippen molar-refractivity contribution in [3.8, 4) is 0 Å². The van der Waals surface area contributed by atoms with Gasteiger partial charge < -0.3 is 20.4 Å². The van der Waals surface area contributed by atoms with E-state index in [2.05, 4.69) is 22.5 Å². The summed E-state index contributed by atoms with van der Waals surface area (Å²) < 4.78 is 39.7. The predicted molar refractivity (Wildman–Crippen MR) is 126 cm³/mol. The van der Waals surface area contributed by atoms with E-state index in [0.717, 1.165) is 50.5 Å². The van der Waals surface area contributed by atoms with Gasteiger partial charge in [0.2, 0.25) is 0 Å². The van der Waals surface area contributed by atoms with Gasteiger partial charge in [0.05, 0.1) is 16.8 Å². The number of para-hydroxylation sites is 1. The first-order valence-electron chi connectivity index (χ1n) is 11.6. The number of urea groups is 1. The molecule has 4 rings (SSSR count). The van der Waals surface area contributed by atoms with Crippen LogP contribution < -0.4 is 15.5 Å². The maximum absolute atomic E-state index is 13.3. The number of halogens is 3. The number of nitrogens with one attached hydrogen (secondary N) is 2. The maximum Gasteiger partial charge on any atom is 0.418 e. The molecule has 0 aliphatic carbocycles. The molecule has 6 nitrogen and oxygen atoms in total. The molecule has 182 valence electrons. The second-order valence-electron chi connectivity index (χ2n) is 9.02. The van der Waals surface area contributed by atoms with Crippen LogP contribution in [0.25, 0.3) is 0 Å². The summed E-state index contributed by atoms with van der Waals surface area (Å²) in [5.41, 5.74) is 0.422. The van der Waals surface area contributed by atoms with Crippen LogP contribution in [-0.4, -0.2) is 43.0 Å². The molecule has 2 aromatic carbocycles. The number of carbonyl (C=O) groups excluding carboxylic acids is 2. The molecule has 9 heteroatoms. The second-order valence-corrected chi connectivity index (χ2v) is 9.02. The molecule has 3 amide bonds. The zero-order valence-corrected chi connectivity index (χ0v) is 19.1. The van der Waals surface area contributed by atoms with Gasteiger partial charge in [0.15, 0.2) is 0 Å². The van der Waals surface area contributed by atoms with E-state index >= 15 is 0 Å². The Labute approximate surface area is 197 Å². The van der Waals surface area contributed by atoms with Crippen LogP contribution in [0, 0.1) is 5.92 Å². The first-order chi connectivity index (χ1) is 16.2. The molecule has 2 heterocycles. The van der Waals surface area contributed by atoms with Gasteiger partial charge in [-0.2, -0.15) is 13.2 Å². The highest BCUT2D eigenvalue weighted by atomic mass is 19.4. The molecule has 0 aromatic heterocycles. The van der Waals surface area contributed by atoms with Gasteiger partial charge in [-0.05, 0) is 61.9 Å². The summed E-state index contributed by atoms with van der Waals surface area (Å²) >= 11 is 0. The molecule has 34 heavy (non-hydrogen) atoms. The fourth-order valence-corrected chi connectivity index (χ4v) is 4.52. The van der Waals surface area contributed by atoms with Gasteiger partial charge in [-0.25, -0.2) is 4.79 Å². The minimum absolute atomic E-state index is 0.0856. The van der Waals surface area contributed by atoms with Crippen LogP contribution in [0.15, 0.2) is 42.5 Å². The number of rotatable bonds is 4. The van der Waals surface area contributed by atoms with Gasteiger partial charge in [-0.3, -0.25) is 4.79 Å². The Kier molecular flexibility index (Phi) is 7.00. The van der Waals surface area contributed by atoms with Gasteiger partial charge >= 0.3 is 12.2 Å². The number of piperidine rings is 1. The minimum Gasteiger partial charge on any atom is -0.371 e. The molecule has 2 aromatic rings. The Hall–Kier alpha value is -3.23. The second kappa shape index (κ2) is 9.95. The molecular formula is C25H29F3N4O2. The predicted octanol–water partition coefficient (Wildman–Crippen LogP) is 5.82. The third-order valence-electron chi connectivity index (χ3n) is 6.48. The van der Waals surface area contributed by atoms with E-state index in [0.29, 0.717) is 30.3 Å². The molecule has 0 saturated carbocycles. The van der Waals surface area contributed by atoms with Crippen LogP contribution in [-0.2, 0) is 6.18 Å². The molecule has 2 fully saturated rings. The van der Waals surface area contributed by atoms with Gasteiger partial charge in [0.1, 0.15) is 0 Å². The van der Waals surface area contributed by atoms with E-state index in [1.807, 2.05) is 11.0 Å². The maximum atomic E-state index is 13.3. The summed E-state index contributed by atoms with van der Waals surface area (Å²) in [6.45, 7) is 5.31. The van der Waals surface area contributed by atoms with Crippen LogP contribution in [0.4, 0.5) is 35.0 Å². The van der Waals surface area contributed by atoms with E-state index in [1.54, 1.807) is 12.1 Å². The van der Waals surface area contributed by atoms with Crippen molar-refractivity contribution in [3.63, 3.8) is 0 Å².